The summed E-state index contributed by atoms with van der Waals surface area (Å²) in [5, 5.41) is 0. The highest BCUT2D eigenvalue weighted by Gasteiger charge is 2.07. The molecule has 1 atom stereocenters. The summed E-state index contributed by atoms with van der Waals surface area (Å²) in [5.74, 6) is -0.316. The molecule has 17 heavy (non-hydrogen) atoms. The van der Waals surface area contributed by atoms with Crippen molar-refractivity contribution in [3.8, 4) is 0 Å². The highest BCUT2D eigenvalue weighted by molar-refractivity contribution is 5.18. The molecule has 0 spiro atoms. The maximum absolute atomic E-state index is 13.3. The van der Waals surface area contributed by atoms with Crippen molar-refractivity contribution in [3.05, 3.63) is 35.4 Å². The van der Waals surface area contributed by atoms with Gasteiger partial charge in [0, 0.05) is 13.1 Å². The van der Waals surface area contributed by atoms with Gasteiger partial charge in [-0.25, -0.2) is 8.78 Å². The van der Waals surface area contributed by atoms with Crippen LogP contribution in [-0.2, 0) is 6.42 Å². The van der Waals surface area contributed by atoms with Gasteiger partial charge in [-0.15, -0.1) is 0 Å². The summed E-state index contributed by atoms with van der Waals surface area (Å²) in [6.07, 6.45) is 0.511. The third kappa shape index (κ3) is 4.79. The predicted molar refractivity (Wildman–Crippen MR) is 65.8 cm³/mol. The molecule has 0 aliphatic rings. The van der Waals surface area contributed by atoms with Crippen LogP contribution in [0.15, 0.2) is 18.2 Å². The van der Waals surface area contributed by atoms with Gasteiger partial charge in [0.15, 0.2) is 0 Å². The van der Waals surface area contributed by atoms with E-state index in [1.807, 2.05) is 7.05 Å². The molecule has 96 valence electrons. The topological polar surface area (TPSA) is 29.3 Å². The van der Waals surface area contributed by atoms with Crippen LogP contribution in [0.25, 0.3) is 0 Å². The van der Waals surface area contributed by atoms with Crippen molar-refractivity contribution in [3.63, 3.8) is 0 Å². The molecule has 0 aromatic heterocycles. The first kappa shape index (κ1) is 14.1. The molecule has 1 unspecified atom stereocenters. The Bertz CT molecular complexity index is 355. The molecule has 0 bridgehead atoms. The molecule has 0 aliphatic carbocycles. The fourth-order valence-corrected chi connectivity index (χ4v) is 1.74. The first-order chi connectivity index (χ1) is 8.02. The number of hydrogen-bond acceptors (Lipinski definition) is 2. The average molecular weight is 242 g/mol. The van der Waals surface area contributed by atoms with E-state index in [2.05, 4.69) is 11.8 Å². The Morgan fingerprint density at radius 3 is 2.71 bits per heavy atom. The van der Waals surface area contributed by atoms with Crippen LogP contribution in [0.4, 0.5) is 8.78 Å². The predicted octanol–water partition coefficient (Wildman–Crippen LogP) is 2.03. The van der Waals surface area contributed by atoms with E-state index in [1.165, 1.54) is 12.1 Å². The minimum absolute atomic E-state index is 0.341. The first-order valence-corrected chi connectivity index (χ1v) is 5.85. The van der Waals surface area contributed by atoms with Gasteiger partial charge >= 0.3 is 0 Å². The number of nitrogens with two attached hydrogens (primary N) is 1. The first-order valence-electron chi connectivity index (χ1n) is 5.85. The van der Waals surface area contributed by atoms with Crippen LogP contribution < -0.4 is 5.73 Å². The molecule has 4 heteroatoms. The van der Waals surface area contributed by atoms with Gasteiger partial charge in [-0.2, -0.15) is 0 Å². The van der Waals surface area contributed by atoms with Crippen LogP contribution in [0.2, 0.25) is 0 Å². The smallest absolute Gasteiger partial charge is 0.126 e. The normalized spacial score (nSPS) is 13.1. The Morgan fingerprint density at radius 1 is 1.35 bits per heavy atom. The van der Waals surface area contributed by atoms with E-state index in [1.54, 1.807) is 0 Å². The summed E-state index contributed by atoms with van der Waals surface area (Å²) in [6, 6.07) is 3.57. The second kappa shape index (κ2) is 6.67. The summed E-state index contributed by atoms with van der Waals surface area (Å²) in [7, 11) is 1.96. The lowest BCUT2D eigenvalue weighted by molar-refractivity contribution is 0.291. The van der Waals surface area contributed by atoms with Crippen LogP contribution >= 0.6 is 0 Å². The minimum atomic E-state index is -0.389. The van der Waals surface area contributed by atoms with Crippen molar-refractivity contribution in [2.24, 2.45) is 11.7 Å². The van der Waals surface area contributed by atoms with Gasteiger partial charge in [0.05, 0.1) is 0 Å². The molecular formula is C13H20F2N2. The Labute approximate surface area is 101 Å². The number of benzene rings is 1. The lowest BCUT2D eigenvalue weighted by Gasteiger charge is -2.20. The maximum Gasteiger partial charge on any atom is 0.126 e. The number of hydrogen-bond donors (Lipinski definition) is 1. The second-order valence-electron chi connectivity index (χ2n) is 4.59. The van der Waals surface area contributed by atoms with Crippen molar-refractivity contribution in [2.75, 3.05) is 26.7 Å². The molecule has 2 N–H and O–H groups in total. The Kier molecular flexibility index (Phi) is 5.51. The van der Waals surface area contributed by atoms with Crippen LogP contribution in [-0.4, -0.2) is 31.6 Å². The summed E-state index contributed by atoms with van der Waals surface area (Å²) in [4.78, 5) is 2.09. The van der Waals surface area contributed by atoms with Crippen molar-refractivity contribution in [1.29, 1.82) is 0 Å². The third-order valence-corrected chi connectivity index (χ3v) is 2.80. The summed E-state index contributed by atoms with van der Waals surface area (Å²) < 4.78 is 26.3. The number of likely N-dealkylation sites (N-methyl/N-ethyl adjacent to an activating group) is 1. The largest absolute Gasteiger partial charge is 0.330 e. The molecule has 0 heterocycles. The van der Waals surface area contributed by atoms with E-state index >= 15 is 0 Å². The highest BCUT2D eigenvalue weighted by Crippen LogP contribution is 2.10. The molecular weight excluding hydrogens is 222 g/mol. The maximum atomic E-state index is 13.3. The molecule has 0 amide bonds. The van der Waals surface area contributed by atoms with Crippen LogP contribution in [0.1, 0.15) is 12.5 Å². The van der Waals surface area contributed by atoms with E-state index in [-0.39, 0.29) is 11.6 Å². The molecule has 1 aromatic rings. The highest BCUT2D eigenvalue weighted by atomic mass is 19.1. The zero-order chi connectivity index (χ0) is 12.8. The van der Waals surface area contributed by atoms with E-state index in [0.717, 1.165) is 12.6 Å². The number of halogens is 2. The fourth-order valence-electron chi connectivity index (χ4n) is 1.74. The summed E-state index contributed by atoms with van der Waals surface area (Å²) in [5.41, 5.74) is 5.96. The molecule has 0 fully saturated rings. The monoisotopic (exact) mass is 242 g/mol. The van der Waals surface area contributed by atoms with E-state index < -0.39 is 0 Å². The van der Waals surface area contributed by atoms with Crippen molar-refractivity contribution in [1.82, 2.24) is 4.90 Å². The molecule has 1 aromatic carbocycles. The lowest BCUT2D eigenvalue weighted by atomic mass is 10.1. The Morgan fingerprint density at radius 2 is 2.06 bits per heavy atom. The van der Waals surface area contributed by atoms with E-state index in [9.17, 15) is 8.78 Å². The van der Waals surface area contributed by atoms with E-state index in [4.69, 9.17) is 5.73 Å². The van der Waals surface area contributed by atoms with Gasteiger partial charge in [0.2, 0.25) is 0 Å². The van der Waals surface area contributed by atoms with Gasteiger partial charge in [0.1, 0.15) is 11.6 Å². The zero-order valence-corrected chi connectivity index (χ0v) is 10.4. The zero-order valence-electron chi connectivity index (χ0n) is 10.4. The van der Waals surface area contributed by atoms with Crippen molar-refractivity contribution >= 4 is 0 Å². The molecule has 0 saturated heterocycles. The minimum Gasteiger partial charge on any atom is -0.330 e. The van der Waals surface area contributed by atoms with E-state index in [0.29, 0.717) is 31.0 Å². The molecule has 0 radical (unpaired) electrons. The molecule has 0 saturated carbocycles. The quantitative estimate of drug-likeness (QED) is 0.827. The van der Waals surface area contributed by atoms with Crippen LogP contribution in [0.3, 0.4) is 0 Å². The van der Waals surface area contributed by atoms with Gasteiger partial charge in [-0.3, -0.25) is 0 Å². The molecule has 2 nitrogen and oxygen atoms in total. The van der Waals surface area contributed by atoms with Gasteiger partial charge in [-0.1, -0.05) is 6.92 Å². The van der Waals surface area contributed by atoms with Gasteiger partial charge in [0.25, 0.3) is 0 Å². The molecule has 0 aliphatic heterocycles. The van der Waals surface area contributed by atoms with Crippen LogP contribution in [0.5, 0.6) is 0 Å². The van der Waals surface area contributed by atoms with Crippen LogP contribution in [0, 0.1) is 17.6 Å². The van der Waals surface area contributed by atoms with Crippen molar-refractivity contribution < 1.29 is 8.78 Å². The number of rotatable bonds is 6. The SMILES string of the molecule is CC(CN)CN(C)CCc1cc(F)ccc1F. The van der Waals surface area contributed by atoms with Gasteiger partial charge in [-0.05, 0) is 49.7 Å². The number of nitrogens with zero attached hydrogens (tertiary/aromatic N) is 1. The molecule has 1 rings (SSSR count). The summed E-state index contributed by atoms with van der Waals surface area (Å²) >= 11 is 0. The Balaban J connectivity index is 2.47. The Hall–Kier alpha value is -1.00. The lowest BCUT2D eigenvalue weighted by Crippen LogP contribution is -2.30. The second-order valence-corrected chi connectivity index (χ2v) is 4.59. The fraction of sp³-hybridized carbons (Fsp3) is 0.538. The average Bonchev–Trinajstić information content (AvgIpc) is 2.30. The summed E-state index contributed by atoms with van der Waals surface area (Å²) in [6.45, 7) is 4.27. The van der Waals surface area contributed by atoms with Gasteiger partial charge < -0.3 is 10.6 Å². The third-order valence-electron chi connectivity index (χ3n) is 2.80. The van der Waals surface area contributed by atoms with Crippen molar-refractivity contribution in [2.45, 2.75) is 13.3 Å². The standard InChI is InChI=1S/C13H20F2N2/c1-10(8-16)9-17(2)6-5-11-7-12(14)3-4-13(11)15/h3-4,7,10H,5-6,8-9,16H2,1-2H3.